The SMILES string of the molecule is Cc1ccc(NC(=O)N2CCN(c3nc(Cc4ccc(F)cc4)ns3)CC2)cc1Cl. The van der Waals surface area contributed by atoms with Gasteiger partial charge in [-0.25, -0.2) is 14.2 Å². The van der Waals surface area contributed by atoms with Gasteiger partial charge >= 0.3 is 6.03 Å². The van der Waals surface area contributed by atoms with Crippen LogP contribution < -0.4 is 10.2 Å². The number of nitrogens with zero attached hydrogens (tertiary/aromatic N) is 4. The number of rotatable bonds is 4. The lowest BCUT2D eigenvalue weighted by molar-refractivity contribution is 0.208. The number of hydrogen-bond donors (Lipinski definition) is 1. The smallest absolute Gasteiger partial charge is 0.321 e. The highest BCUT2D eigenvalue weighted by atomic mass is 35.5. The van der Waals surface area contributed by atoms with Gasteiger partial charge in [-0.2, -0.15) is 4.37 Å². The first-order valence-electron chi connectivity index (χ1n) is 9.62. The average Bonchev–Trinajstić information content (AvgIpc) is 3.21. The molecule has 0 saturated carbocycles. The quantitative estimate of drug-likeness (QED) is 0.638. The maximum Gasteiger partial charge on any atom is 0.321 e. The number of benzene rings is 2. The van der Waals surface area contributed by atoms with Gasteiger partial charge in [0.1, 0.15) is 11.6 Å². The Hall–Kier alpha value is -2.71. The van der Waals surface area contributed by atoms with Gasteiger partial charge < -0.3 is 15.1 Å². The molecule has 30 heavy (non-hydrogen) atoms. The molecule has 156 valence electrons. The molecule has 1 saturated heterocycles. The zero-order chi connectivity index (χ0) is 21.1. The van der Waals surface area contributed by atoms with Crippen LogP contribution in [0.1, 0.15) is 17.0 Å². The van der Waals surface area contributed by atoms with Crippen molar-refractivity contribution in [2.24, 2.45) is 0 Å². The van der Waals surface area contributed by atoms with Gasteiger partial charge in [0.15, 0.2) is 0 Å². The summed E-state index contributed by atoms with van der Waals surface area (Å²) in [7, 11) is 0. The van der Waals surface area contributed by atoms with E-state index < -0.39 is 0 Å². The summed E-state index contributed by atoms with van der Waals surface area (Å²) in [6, 6.07) is 11.7. The Balaban J connectivity index is 1.31. The number of amides is 2. The minimum absolute atomic E-state index is 0.135. The van der Waals surface area contributed by atoms with Gasteiger partial charge in [-0.15, -0.1) is 0 Å². The van der Waals surface area contributed by atoms with Crippen LogP contribution in [0.5, 0.6) is 0 Å². The van der Waals surface area contributed by atoms with E-state index in [1.165, 1.54) is 23.7 Å². The Labute approximate surface area is 183 Å². The third-order valence-electron chi connectivity index (χ3n) is 4.99. The molecular formula is C21H21ClFN5OS. The maximum atomic E-state index is 13.0. The van der Waals surface area contributed by atoms with Crippen molar-refractivity contribution >= 4 is 40.0 Å². The molecule has 1 N–H and O–H groups in total. The predicted molar refractivity (Wildman–Crippen MR) is 118 cm³/mol. The molecule has 2 aromatic carbocycles. The van der Waals surface area contributed by atoms with E-state index in [-0.39, 0.29) is 11.8 Å². The lowest BCUT2D eigenvalue weighted by atomic mass is 10.1. The summed E-state index contributed by atoms with van der Waals surface area (Å²) in [6.45, 7) is 4.49. The number of aromatic nitrogens is 2. The molecule has 0 unspecified atom stereocenters. The van der Waals surface area contributed by atoms with Crippen molar-refractivity contribution in [3.05, 3.63) is 70.3 Å². The van der Waals surface area contributed by atoms with Gasteiger partial charge in [-0.05, 0) is 42.3 Å². The van der Waals surface area contributed by atoms with Gasteiger partial charge in [-0.3, -0.25) is 0 Å². The molecule has 1 aliphatic rings. The van der Waals surface area contributed by atoms with Crippen LogP contribution in [0.15, 0.2) is 42.5 Å². The van der Waals surface area contributed by atoms with Crippen LogP contribution in [0.25, 0.3) is 0 Å². The van der Waals surface area contributed by atoms with Crippen molar-refractivity contribution in [1.29, 1.82) is 0 Å². The summed E-state index contributed by atoms with van der Waals surface area (Å²) in [5.41, 5.74) is 2.63. The van der Waals surface area contributed by atoms with E-state index in [0.29, 0.717) is 43.3 Å². The van der Waals surface area contributed by atoms with E-state index in [9.17, 15) is 9.18 Å². The number of urea groups is 1. The summed E-state index contributed by atoms with van der Waals surface area (Å²) in [4.78, 5) is 21.1. The minimum Gasteiger partial charge on any atom is -0.343 e. The zero-order valence-corrected chi connectivity index (χ0v) is 18.0. The minimum atomic E-state index is -0.252. The van der Waals surface area contributed by atoms with Crippen LogP contribution in [-0.4, -0.2) is 46.5 Å². The van der Waals surface area contributed by atoms with E-state index in [1.807, 2.05) is 19.1 Å². The second-order valence-electron chi connectivity index (χ2n) is 7.16. The number of nitrogens with one attached hydrogen (secondary N) is 1. The normalized spacial score (nSPS) is 14.1. The molecule has 0 aliphatic carbocycles. The molecule has 0 radical (unpaired) electrons. The molecule has 3 aromatic rings. The third kappa shape index (κ3) is 4.88. The van der Waals surface area contributed by atoms with Crippen molar-refractivity contribution in [2.45, 2.75) is 13.3 Å². The Morgan fingerprint density at radius 2 is 1.90 bits per heavy atom. The first-order valence-corrected chi connectivity index (χ1v) is 10.8. The number of piperazine rings is 1. The van der Waals surface area contributed by atoms with Crippen LogP contribution in [0.4, 0.5) is 20.0 Å². The molecule has 2 heterocycles. The van der Waals surface area contributed by atoms with Crippen LogP contribution in [0, 0.1) is 12.7 Å². The first kappa shape index (κ1) is 20.6. The molecule has 0 spiro atoms. The topological polar surface area (TPSA) is 61.4 Å². The Bertz CT molecular complexity index is 1030. The highest BCUT2D eigenvalue weighted by Crippen LogP contribution is 2.22. The fourth-order valence-electron chi connectivity index (χ4n) is 3.20. The molecule has 1 aromatic heterocycles. The average molecular weight is 446 g/mol. The lowest BCUT2D eigenvalue weighted by Gasteiger charge is -2.34. The number of halogens is 2. The third-order valence-corrected chi connectivity index (χ3v) is 6.22. The monoisotopic (exact) mass is 445 g/mol. The second-order valence-corrected chi connectivity index (χ2v) is 8.30. The fourth-order valence-corrected chi connectivity index (χ4v) is 4.12. The van der Waals surface area contributed by atoms with Gasteiger partial charge in [-0.1, -0.05) is 29.8 Å². The highest BCUT2D eigenvalue weighted by molar-refractivity contribution is 7.09. The van der Waals surface area contributed by atoms with Crippen LogP contribution in [0.3, 0.4) is 0 Å². The molecule has 6 nitrogen and oxygen atoms in total. The van der Waals surface area contributed by atoms with Crippen LogP contribution in [-0.2, 0) is 6.42 Å². The molecule has 9 heteroatoms. The maximum absolute atomic E-state index is 13.0. The van der Waals surface area contributed by atoms with Gasteiger partial charge in [0.25, 0.3) is 0 Å². The van der Waals surface area contributed by atoms with E-state index >= 15 is 0 Å². The largest absolute Gasteiger partial charge is 0.343 e. The number of carbonyl (C=O) groups excluding carboxylic acids is 1. The van der Waals surface area contributed by atoms with Gasteiger partial charge in [0, 0.05) is 54.8 Å². The predicted octanol–water partition coefficient (Wildman–Crippen LogP) is 4.58. The van der Waals surface area contributed by atoms with Gasteiger partial charge in [0.05, 0.1) is 0 Å². The molecular weight excluding hydrogens is 425 g/mol. The first-order chi connectivity index (χ1) is 14.5. The summed E-state index contributed by atoms with van der Waals surface area (Å²) >= 11 is 7.48. The fraction of sp³-hybridized carbons (Fsp3) is 0.286. The van der Waals surface area contributed by atoms with Crippen molar-refractivity contribution < 1.29 is 9.18 Å². The number of carbonyl (C=O) groups is 1. The summed E-state index contributed by atoms with van der Waals surface area (Å²) in [5.74, 6) is 0.469. The molecule has 0 atom stereocenters. The van der Waals surface area contributed by atoms with E-state index in [2.05, 4.69) is 19.6 Å². The van der Waals surface area contributed by atoms with E-state index in [4.69, 9.17) is 11.6 Å². The number of anilines is 2. The van der Waals surface area contributed by atoms with E-state index in [1.54, 1.807) is 23.1 Å². The van der Waals surface area contributed by atoms with Crippen molar-refractivity contribution in [3.63, 3.8) is 0 Å². The molecule has 1 fully saturated rings. The molecule has 2 amide bonds. The van der Waals surface area contributed by atoms with Crippen molar-refractivity contribution in [1.82, 2.24) is 14.3 Å². The standard InChI is InChI=1S/C21H21ClFN5OS/c1-14-2-7-17(13-18(14)22)24-20(29)27-8-10-28(11-9-27)21-25-19(26-30-21)12-15-3-5-16(23)6-4-15/h2-7,13H,8-12H2,1H3,(H,24,29). The van der Waals surface area contributed by atoms with Crippen LogP contribution in [0.2, 0.25) is 5.02 Å². The Kier molecular flexibility index (Phi) is 6.15. The van der Waals surface area contributed by atoms with E-state index in [0.717, 1.165) is 22.1 Å². The number of aryl methyl sites for hydroxylation is 1. The van der Waals surface area contributed by atoms with Gasteiger partial charge in [0.2, 0.25) is 5.13 Å². The Morgan fingerprint density at radius 3 is 2.60 bits per heavy atom. The molecule has 0 bridgehead atoms. The zero-order valence-electron chi connectivity index (χ0n) is 16.4. The summed E-state index contributed by atoms with van der Waals surface area (Å²) < 4.78 is 17.5. The number of hydrogen-bond acceptors (Lipinski definition) is 5. The van der Waals surface area contributed by atoms with Crippen LogP contribution >= 0.6 is 23.1 Å². The second kappa shape index (κ2) is 8.97. The highest BCUT2D eigenvalue weighted by Gasteiger charge is 2.23. The molecule has 1 aliphatic heterocycles. The van der Waals surface area contributed by atoms with Crippen molar-refractivity contribution in [2.75, 3.05) is 36.4 Å². The Morgan fingerprint density at radius 1 is 1.17 bits per heavy atom. The lowest BCUT2D eigenvalue weighted by Crippen LogP contribution is -2.50. The summed E-state index contributed by atoms with van der Waals surface area (Å²) in [5, 5.41) is 4.38. The molecule has 4 rings (SSSR count). The van der Waals surface area contributed by atoms with Crippen molar-refractivity contribution in [3.8, 4) is 0 Å². The summed E-state index contributed by atoms with van der Waals surface area (Å²) in [6.07, 6.45) is 0.568.